The Hall–Kier alpha value is -3.09. The molecule has 0 aliphatic carbocycles. The highest BCUT2D eigenvalue weighted by atomic mass is 19.1. The first-order valence-corrected chi connectivity index (χ1v) is 8.85. The first-order chi connectivity index (χ1) is 13.4. The lowest BCUT2D eigenvalue weighted by molar-refractivity contribution is -0.154. The number of hydrogen-bond donors (Lipinski definition) is 1. The van der Waals surface area contributed by atoms with Crippen LogP contribution in [-0.2, 0) is 27.3 Å². The predicted molar refractivity (Wildman–Crippen MR) is 102 cm³/mol. The predicted octanol–water partition coefficient (Wildman–Crippen LogP) is 3.02. The fourth-order valence-electron chi connectivity index (χ4n) is 2.53. The molecule has 1 N–H and O–H groups in total. The molecular formula is C21H24FNO5. The number of methoxy groups -OCH3 is 2. The van der Waals surface area contributed by atoms with Crippen molar-refractivity contribution < 1.29 is 28.2 Å². The highest BCUT2D eigenvalue weighted by Gasteiger charge is 2.17. The number of nitrogens with one attached hydrogen (secondary N) is 1. The fraction of sp³-hybridized carbons (Fsp3) is 0.333. The number of ether oxygens (including phenoxy) is 3. The lowest BCUT2D eigenvalue weighted by Crippen LogP contribution is -2.35. The van der Waals surface area contributed by atoms with E-state index in [1.54, 1.807) is 38.5 Å². The van der Waals surface area contributed by atoms with E-state index in [-0.39, 0.29) is 18.8 Å². The van der Waals surface area contributed by atoms with Crippen molar-refractivity contribution in [3.63, 3.8) is 0 Å². The molecular weight excluding hydrogens is 365 g/mol. The molecule has 0 fully saturated rings. The zero-order valence-corrected chi connectivity index (χ0v) is 16.2. The third-order valence-electron chi connectivity index (χ3n) is 4.12. The monoisotopic (exact) mass is 389 g/mol. The van der Waals surface area contributed by atoms with E-state index in [1.807, 2.05) is 6.07 Å². The van der Waals surface area contributed by atoms with Gasteiger partial charge in [-0.1, -0.05) is 18.2 Å². The minimum absolute atomic E-state index is 0.130. The summed E-state index contributed by atoms with van der Waals surface area (Å²) in [5.74, 6) is -0.0305. The summed E-state index contributed by atoms with van der Waals surface area (Å²) in [6.45, 7) is 1.74. The summed E-state index contributed by atoms with van der Waals surface area (Å²) < 4.78 is 28.5. The van der Waals surface area contributed by atoms with Crippen LogP contribution in [0.4, 0.5) is 4.39 Å². The number of hydrogen-bond acceptors (Lipinski definition) is 5. The van der Waals surface area contributed by atoms with Crippen molar-refractivity contribution in [2.75, 3.05) is 14.2 Å². The van der Waals surface area contributed by atoms with E-state index in [1.165, 1.54) is 19.1 Å². The number of rotatable bonds is 9. The van der Waals surface area contributed by atoms with Crippen LogP contribution in [-0.4, -0.2) is 32.2 Å². The van der Waals surface area contributed by atoms with E-state index >= 15 is 0 Å². The van der Waals surface area contributed by atoms with Gasteiger partial charge in [0.05, 0.1) is 14.2 Å². The quantitative estimate of drug-likeness (QED) is 0.668. The third-order valence-corrected chi connectivity index (χ3v) is 4.12. The molecule has 7 heteroatoms. The van der Waals surface area contributed by atoms with Crippen LogP contribution in [0.5, 0.6) is 11.5 Å². The normalized spacial score (nSPS) is 11.4. The molecule has 0 bridgehead atoms. The molecule has 0 radical (unpaired) electrons. The van der Waals surface area contributed by atoms with E-state index in [0.717, 1.165) is 11.1 Å². The highest BCUT2D eigenvalue weighted by Crippen LogP contribution is 2.28. The zero-order chi connectivity index (χ0) is 20.5. The van der Waals surface area contributed by atoms with Crippen molar-refractivity contribution >= 4 is 11.9 Å². The summed E-state index contributed by atoms with van der Waals surface area (Å²) in [5.41, 5.74) is 1.64. The Bertz CT molecular complexity index is 807. The summed E-state index contributed by atoms with van der Waals surface area (Å²) >= 11 is 0. The molecule has 2 aromatic carbocycles. The summed E-state index contributed by atoms with van der Waals surface area (Å²) in [6.07, 6.45) is -0.341. The Balaban J connectivity index is 1.78. The van der Waals surface area contributed by atoms with Gasteiger partial charge in [-0.2, -0.15) is 0 Å². The van der Waals surface area contributed by atoms with E-state index in [0.29, 0.717) is 17.9 Å². The van der Waals surface area contributed by atoms with Crippen molar-refractivity contribution in [3.8, 4) is 11.5 Å². The number of benzene rings is 2. The van der Waals surface area contributed by atoms with Crippen LogP contribution in [0, 0.1) is 5.82 Å². The van der Waals surface area contributed by atoms with Gasteiger partial charge in [-0.3, -0.25) is 9.59 Å². The largest absolute Gasteiger partial charge is 0.493 e. The van der Waals surface area contributed by atoms with E-state index in [2.05, 4.69) is 5.32 Å². The maximum absolute atomic E-state index is 12.9. The van der Waals surface area contributed by atoms with Crippen LogP contribution in [0.25, 0.3) is 0 Å². The Labute approximate surface area is 163 Å². The number of carbonyl (C=O) groups excluding carboxylic acids is 2. The van der Waals surface area contributed by atoms with Crippen LogP contribution < -0.4 is 14.8 Å². The van der Waals surface area contributed by atoms with Crippen molar-refractivity contribution in [2.24, 2.45) is 0 Å². The second-order valence-electron chi connectivity index (χ2n) is 6.17. The summed E-state index contributed by atoms with van der Waals surface area (Å²) in [4.78, 5) is 24.1. The van der Waals surface area contributed by atoms with Crippen molar-refractivity contribution in [1.29, 1.82) is 0 Å². The van der Waals surface area contributed by atoms with Gasteiger partial charge in [0.1, 0.15) is 5.82 Å². The summed E-state index contributed by atoms with van der Waals surface area (Å²) in [5, 5.41) is 2.66. The van der Waals surface area contributed by atoms with Gasteiger partial charge in [-0.15, -0.1) is 0 Å². The molecule has 0 spiro atoms. The third kappa shape index (κ3) is 6.26. The second-order valence-corrected chi connectivity index (χ2v) is 6.17. The first-order valence-electron chi connectivity index (χ1n) is 8.85. The van der Waals surface area contributed by atoms with Crippen LogP contribution >= 0.6 is 0 Å². The molecule has 0 aliphatic heterocycles. The van der Waals surface area contributed by atoms with Gasteiger partial charge < -0.3 is 19.5 Å². The van der Waals surface area contributed by atoms with E-state index in [4.69, 9.17) is 14.2 Å². The standard InChI is InChI=1S/C21H24FNO5/c1-14(21(25)23-13-16-4-8-17(22)9-5-16)28-20(24)11-7-15-6-10-18(26-2)19(12-15)27-3/h4-6,8-10,12,14H,7,11,13H2,1-3H3,(H,23,25)/t14-/m0/s1. The SMILES string of the molecule is COc1ccc(CCC(=O)O[C@@H](C)C(=O)NCc2ccc(F)cc2)cc1OC. The summed E-state index contributed by atoms with van der Waals surface area (Å²) in [6, 6.07) is 11.2. The molecule has 0 heterocycles. The molecule has 0 aromatic heterocycles. The molecule has 2 rings (SSSR count). The number of aryl methyl sites for hydroxylation is 1. The lowest BCUT2D eigenvalue weighted by Gasteiger charge is -2.14. The molecule has 28 heavy (non-hydrogen) atoms. The van der Waals surface area contributed by atoms with Gasteiger partial charge in [0.25, 0.3) is 5.91 Å². The molecule has 1 amide bonds. The fourth-order valence-corrected chi connectivity index (χ4v) is 2.53. The van der Waals surface area contributed by atoms with Crippen LogP contribution in [0.1, 0.15) is 24.5 Å². The minimum atomic E-state index is -0.918. The van der Waals surface area contributed by atoms with E-state index < -0.39 is 18.0 Å². The highest BCUT2D eigenvalue weighted by molar-refractivity contribution is 5.83. The molecule has 1 atom stereocenters. The number of halogens is 1. The number of esters is 1. The number of amides is 1. The Morgan fingerprint density at radius 2 is 1.64 bits per heavy atom. The summed E-state index contributed by atoms with van der Waals surface area (Å²) in [7, 11) is 3.10. The van der Waals surface area contributed by atoms with Crippen molar-refractivity contribution in [2.45, 2.75) is 32.4 Å². The van der Waals surface area contributed by atoms with E-state index in [9.17, 15) is 14.0 Å². The Morgan fingerprint density at radius 1 is 1.00 bits per heavy atom. The molecule has 0 unspecified atom stereocenters. The van der Waals surface area contributed by atoms with Gasteiger partial charge in [-0.25, -0.2) is 4.39 Å². The van der Waals surface area contributed by atoms with Crippen molar-refractivity contribution in [3.05, 3.63) is 59.4 Å². The second kappa shape index (κ2) is 10.3. The van der Waals surface area contributed by atoms with Gasteiger partial charge in [0.2, 0.25) is 0 Å². The zero-order valence-electron chi connectivity index (χ0n) is 16.2. The molecule has 0 saturated carbocycles. The van der Waals surface area contributed by atoms with Crippen LogP contribution in [0.15, 0.2) is 42.5 Å². The molecule has 2 aromatic rings. The van der Waals surface area contributed by atoms with Gasteiger partial charge >= 0.3 is 5.97 Å². The average Bonchev–Trinajstić information content (AvgIpc) is 2.71. The van der Waals surface area contributed by atoms with Gasteiger partial charge in [0.15, 0.2) is 17.6 Å². The van der Waals surface area contributed by atoms with Crippen LogP contribution in [0.3, 0.4) is 0 Å². The smallest absolute Gasteiger partial charge is 0.306 e. The Kier molecular flexibility index (Phi) is 7.80. The first kappa shape index (κ1) is 21.2. The minimum Gasteiger partial charge on any atom is -0.493 e. The van der Waals surface area contributed by atoms with Crippen molar-refractivity contribution in [1.82, 2.24) is 5.32 Å². The maximum Gasteiger partial charge on any atom is 0.306 e. The van der Waals surface area contributed by atoms with Crippen LogP contribution in [0.2, 0.25) is 0 Å². The van der Waals surface area contributed by atoms with Gasteiger partial charge in [0, 0.05) is 13.0 Å². The molecule has 0 saturated heterocycles. The van der Waals surface area contributed by atoms with Gasteiger partial charge in [-0.05, 0) is 48.7 Å². The number of carbonyl (C=O) groups is 2. The topological polar surface area (TPSA) is 73.9 Å². The molecule has 6 nitrogen and oxygen atoms in total. The maximum atomic E-state index is 12.9. The molecule has 150 valence electrons. The lowest BCUT2D eigenvalue weighted by atomic mass is 10.1. The Morgan fingerprint density at radius 3 is 2.29 bits per heavy atom. The average molecular weight is 389 g/mol. The molecule has 0 aliphatic rings.